The molecule has 2 atom stereocenters. The molecular weight excluding hydrogens is 292 g/mol. The van der Waals surface area contributed by atoms with Crippen LogP contribution in [0.2, 0.25) is 0 Å². The van der Waals surface area contributed by atoms with Gasteiger partial charge in [0.25, 0.3) is 0 Å². The molecule has 1 aliphatic heterocycles. The van der Waals surface area contributed by atoms with E-state index in [2.05, 4.69) is 34.9 Å². The van der Waals surface area contributed by atoms with Crippen molar-refractivity contribution in [3.05, 3.63) is 5.82 Å². The number of hydrogen-bond donors (Lipinski definition) is 1. The molecule has 2 aliphatic rings. The molecule has 4 nitrogen and oxygen atoms in total. The Balaban J connectivity index is 1.75. The number of rotatable bonds is 4. The van der Waals surface area contributed by atoms with Gasteiger partial charge in [0.15, 0.2) is 5.16 Å². The minimum absolute atomic E-state index is 0.451. The van der Waals surface area contributed by atoms with Crippen LogP contribution in [0.15, 0.2) is 5.16 Å². The highest BCUT2D eigenvalue weighted by Crippen LogP contribution is 2.27. The van der Waals surface area contributed by atoms with E-state index in [0.717, 1.165) is 11.2 Å². The van der Waals surface area contributed by atoms with E-state index in [1.165, 1.54) is 63.9 Å². The topological polar surface area (TPSA) is 35.2 Å². The summed E-state index contributed by atoms with van der Waals surface area (Å²) in [5, 5.41) is 10.1. The fourth-order valence-electron chi connectivity index (χ4n) is 4.39. The lowest BCUT2D eigenvalue weighted by molar-refractivity contribution is -0.932. The van der Waals surface area contributed by atoms with Crippen LogP contribution in [-0.2, 0) is 0 Å². The first-order valence-electron chi connectivity index (χ1n) is 9.04. The number of aromatic nitrogens is 3. The predicted molar refractivity (Wildman–Crippen MR) is 91.7 cm³/mol. The first kappa shape index (κ1) is 16.3. The van der Waals surface area contributed by atoms with Crippen LogP contribution in [0.4, 0.5) is 0 Å². The minimum atomic E-state index is 0.451. The van der Waals surface area contributed by atoms with E-state index in [4.69, 9.17) is 0 Å². The van der Waals surface area contributed by atoms with Crippen LogP contribution in [0.5, 0.6) is 0 Å². The van der Waals surface area contributed by atoms with Crippen molar-refractivity contribution in [1.29, 1.82) is 0 Å². The summed E-state index contributed by atoms with van der Waals surface area (Å²) < 4.78 is 2.37. The van der Waals surface area contributed by atoms with Gasteiger partial charge in [-0.25, -0.2) is 0 Å². The molecule has 3 rings (SSSR count). The van der Waals surface area contributed by atoms with Gasteiger partial charge in [-0.3, -0.25) is 0 Å². The third kappa shape index (κ3) is 3.35. The van der Waals surface area contributed by atoms with Crippen LogP contribution in [0, 0.1) is 0 Å². The maximum absolute atomic E-state index is 4.59. The van der Waals surface area contributed by atoms with Crippen molar-refractivity contribution in [2.75, 3.05) is 19.3 Å². The summed E-state index contributed by atoms with van der Waals surface area (Å²) in [5.41, 5.74) is 0. The third-order valence-corrected chi connectivity index (χ3v) is 6.14. The summed E-state index contributed by atoms with van der Waals surface area (Å²) in [7, 11) is 0. The molecule has 124 valence electrons. The van der Waals surface area contributed by atoms with E-state index in [1.54, 1.807) is 11.8 Å². The smallest absolute Gasteiger partial charge is 0.191 e. The second-order valence-electron chi connectivity index (χ2n) is 7.30. The van der Waals surface area contributed by atoms with Gasteiger partial charge in [0, 0.05) is 6.04 Å². The highest BCUT2D eigenvalue weighted by atomic mass is 32.2. The number of quaternary nitrogens is 1. The summed E-state index contributed by atoms with van der Waals surface area (Å²) in [4.78, 5) is 1.85. The zero-order chi connectivity index (χ0) is 15.5. The Hall–Kier alpha value is -0.550. The van der Waals surface area contributed by atoms with Gasteiger partial charge in [0.05, 0.1) is 25.0 Å². The highest BCUT2D eigenvalue weighted by molar-refractivity contribution is 7.98. The van der Waals surface area contributed by atoms with Crippen LogP contribution in [0.3, 0.4) is 0 Å². The van der Waals surface area contributed by atoms with E-state index in [9.17, 15) is 0 Å². The van der Waals surface area contributed by atoms with E-state index in [-0.39, 0.29) is 0 Å². The maximum Gasteiger partial charge on any atom is 0.191 e. The normalized spacial score (nSPS) is 27.5. The van der Waals surface area contributed by atoms with Crippen LogP contribution in [-0.4, -0.2) is 40.2 Å². The molecule has 1 aromatic rings. The van der Waals surface area contributed by atoms with Crippen LogP contribution < -0.4 is 4.90 Å². The summed E-state index contributed by atoms with van der Waals surface area (Å²) >= 11 is 1.72. The Morgan fingerprint density at radius 3 is 2.55 bits per heavy atom. The Kier molecular flexibility index (Phi) is 5.45. The molecule has 1 aliphatic carbocycles. The van der Waals surface area contributed by atoms with Gasteiger partial charge in [0.2, 0.25) is 0 Å². The molecule has 5 heteroatoms. The largest absolute Gasteiger partial charge is 0.332 e. The van der Waals surface area contributed by atoms with Gasteiger partial charge in [-0.2, -0.15) is 0 Å². The van der Waals surface area contributed by atoms with Gasteiger partial charge >= 0.3 is 0 Å². The molecule has 2 fully saturated rings. The Labute approximate surface area is 139 Å². The minimum Gasteiger partial charge on any atom is -0.332 e. The van der Waals surface area contributed by atoms with Crippen LogP contribution in [0.25, 0.3) is 0 Å². The van der Waals surface area contributed by atoms with E-state index in [0.29, 0.717) is 12.0 Å². The average molecular weight is 324 g/mol. The highest BCUT2D eigenvalue weighted by Gasteiger charge is 2.34. The summed E-state index contributed by atoms with van der Waals surface area (Å²) in [6.07, 6.45) is 11.9. The number of likely N-dealkylation sites (tertiary alicyclic amines) is 1. The van der Waals surface area contributed by atoms with E-state index in [1.807, 2.05) is 4.90 Å². The van der Waals surface area contributed by atoms with E-state index < -0.39 is 0 Å². The Morgan fingerprint density at radius 2 is 1.86 bits per heavy atom. The number of nitrogens with zero attached hydrogens (tertiary/aromatic N) is 3. The molecule has 0 amide bonds. The van der Waals surface area contributed by atoms with Crippen molar-refractivity contribution in [1.82, 2.24) is 14.8 Å². The van der Waals surface area contributed by atoms with E-state index >= 15 is 0 Å². The lowest BCUT2D eigenvalue weighted by atomic mass is 9.90. The zero-order valence-corrected chi connectivity index (χ0v) is 15.2. The first-order chi connectivity index (χ1) is 10.7. The van der Waals surface area contributed by atoms with Crippen LogP contribution >= 0.6 is 11.8 Å². The maximum atomic E-state index is 4.59. The SMILES string of the molecule is CSc1nnc([C@H]2CCC[NH+](C3CCCCC3)C2)n1C(C)C. The Bertz CT molecular complexity index is 479. The molecular formula is C17H31N4S+. The molecule has 0 spiro atoms. The molecule has 1 unspecified atom stereocenters. The second kappa shape index (κ2) is 7.35. The molecule has 1 saturated carbocycles. The van der Waals surface area contributed by atoms with Crippen molar-refractivity contribution in [2.24, 2.45) is 0 Å². The molecule has 22 heavy (non-hydrogen) atoms. The molecule has 0 radical (unpaired) electrons. The summed E-state index contributed by atoms with van der Waals surface area (Å²) in [6.45, 7) is 7.14. The van der Waals surface area contributed by atoms with Gasteiger partial charge in [0.1, 0.15) is 5.82 Å². The summed E-state index contributed by atoms with van der Waals surface area (Å²) in [5.74, 6) is 1.84. The van der Waals surface area contributed by atoms with Crippen LogP contribution in [0.1, 0.15) is 76.6 Å². The van der Waals surface area contributed by atoms with Gasteiger partial charge in [-0.1, -0.05) is 18.2 Å². The molecule has 2 heterocycles. The Morgan fingerprint density at radius 1 is 1.09 bits per heavy atom. The van der Waals surface area contributed by atoms with Crippen molar-refractivity contribution in [2.45, 2.75) is 82.0 Å². The molecule has 0 bridgehead atoms. The molecule has 1 aromatic heterocycles. The van der Waals surface area contributed by atoms with Crippen molar-refractivity contribution < 1.29 is 4.90 Å². The fraction of sp³-hybridized carbons (Fsp3) is 0.882. The molecule has 1 saturated heterocycles. The van der Waals surface area contributed by atoms with Crippen molar-refractivity contribution in [3.8, 4) is 0 Å². The van der Waals surface area contributed by atoms with Crippen molar-refractivity contribution in [3.63, 3.8) is 0 Å². The quantitative estimate of drug-likeness (QED) is 0.865. The zero-order valence-electron chi connectivity index (χ0n) is 14.3. The monoisotopic (exact) mass is 323 g/mol. The standard InChI is InChI=1S/C17H30N4S/c1-13(2)21-16(18-19-17(21)22-3)14-8-7-11-20(12-14)15-9-5-4-6-10-15/h13-15H,4-12H2,1-3H3/p+1/t14-/m0/s1. The average Bonchev–Trinajstić information content (AvgIpc) is 3.00. The summed E-state index contributed by atoms with van der Waals surface area (Å²) in [6, 6.07) is 1.36. The number of piperidine rings is 1. The number of hydrogen-bond acceptors (Lipinski definition) is 3. The lowest BCUT2D eigenvalue weighted by Crippen LogP contribution is -3.17. The van der Waals surface area contributed by atoms with Gasteiger partial charge in [-0.05, 0) is 58.6 Å². The third-order valence-electron chi connectivity index (χ3n) is 5.50. The molecule has 0 aromatic carbocycles. The van der Waals surface area contributed by atoms with Gasteiger partial charge in [-0.15, -0.1) is 10.2 Å². The lowest BCUT2D eigenvalue weighted by Gasteiger charge is -2.37. The fourth-order valence-corrected chi connectivity index (χ4v) is 5.01. The second-order valence-corrected chi connectivity index (χ2v) is 8.07. The predicted octanol–water partition coefficient (Wildman–Crippen LogP) is 2.68. The van der Waals surface area contributed by atoms with Gasteiger partial charge < -0.3 is 9.47 Å². The number of thioether (sulfide) groups is 1. The number of nitrogens with one attached hydrogen (secondary N) is 1. The first-order valence-corrected chi connectivity index (χ1v) is 10.3. The van der Waals surface area contributed by atoms with Crippen molar-refractivity contribution >= 4 is 11.8 Å². The molecule has 1 N–H and O–H groups in total.